The molecule has 2 aromatic carbocycles. The zero-order valence-corrected chi connectivity index (χ0v) is 14.3. The summed E-state index contributed by atoms with van der Waals surface area (Å²) >= 11 is 1.16. The van der Waals surface area contributed by atoms with Gasteiger partial charge < -0.3 is 16.3 Å². The largest absolute Gasteiger partial charge is 0.478 e. The van der Waals surface area contributed by atoms with Crippen molar-refractivity contribution in [2.75, 3.05) is 16.9 Å². The summed E-state index contributed by atoms with van der Waals surface area (Å²) < 4.78 is 1.34. The van der Waals surface area contributed by atoms with Crippen molar-refractivity contribution >= 4 is 29.3 Å². The van der Waals surface area contributed by atoms with Crippen LogP contribution in [0.15, 0.2) is 59.8 Å². The van der Waals surface area contributed by atoms with Gasteiger partial charge in [0.25, 0.3) is 0 Å². The summed E-state index contributed by atoms with van der Waals surface area (Å²) in [5, 5.41) is 20.0. The van der Waals surface area contributed by atoms with Gasteiger partial charge >= 0.3 is 5.97 Å². The van der Waals surface area contributed by atoms with Crippen LogP contribution in [-0.2, 0) is 4.79 Å². The number of carboxylic acids is 1. The molecule has 0 radical (unpaired) electrons. The molecule has 1 heterocycles. The number of amides is 1. The van der Waals surface area contributed by atoms with Gasteiger partial charge in [-0.25, -0.2) is 9.47 Å². The summed E-state index contributed by atoms with van der Waals surface area (Å²) in [6.45, 7) is 0. The molecule has 1 amide bonds. The molecule has 0 saturated carbocycles. The Hall–Kier alpha value is -3.33. The first-order valence-corrected chi connectivity index (χ1v) is 8.55. The Kier molecular flexibility index (Phi) is 5.18. The molecule has 9 heteroatoms. The van der Waals surface area contributed by atoms with Crippen molar-refractivity contribution in [1.82, 2.24) is 14.9 Å². The molecule has 8 nitrogen and oxygen atoms in total. The number of rotatable bonds is 6. The molecule has 0 aliphatic carbocycles. The monoisotopic (exact) mass is 369 g/mol. The Morgan fingerprint density at radius 3 is 2.42 bits per heavy atom. The lowest BCUT2D eigenvalue weighted by molar-refractivity contribution is -0.113. The van der Waals surface area contributed by atoms with Crippen LogP contribution in [0.2, 0.25) is 0 Å². The number of anilines is 1. The fraction of sp³-hybridized carbons (Fsp3) is 0.0588. The van der Waals surface area contributed by atoms with Crippen LogP contribution in [0.4, 0.5) is 5.69 Å². The highest BCUT2D eigenvalue weighted by Gasteiger charge is 2.13. The van der Waals surface area contributed by atoms with Crippen molar-refractivity contribution in [3.8, 4) is 11.4 Å². The number of nitrogens with two attached hydrogens (primary N) is 1. The predicted molar refractivity (Wildman–Crippen MR) is 98.4 cm³/mol. The van der Waals surface area contributed by atoms with Gasteiger partial charge in [0.05, 0.1) is 11.3 Å². The number of thioether (sulfide) groups is 1. The molecule has 3 aromatic rings. The Balaban J connectivity index is 1.60. The van der Waals surface area contributed by atoms with Gasteiger partial charge in [0, 0.05) is 11.3 Å². The van der Waals surface area contributed by atoms with Gasteiger partial charge in [-0.3, -0.25) is 4.79 Å². The van der Waals surface area contributed by atoms with Crippen LogP contribution >= 0.6 is 11.8 Å². The Labute approximate surface area is 153 Å². The third kappa shape index (κ3) is 4.01. The minimum absolute atomic E-state index is 0.0881. The Morgan fingerprint density at radius 2 is 1.77 bits per heavy atom. The van der Waals surface area contributed by atoms with Crippen LogP contribution in [0.25, 0.3) is 11.4 Å². The second-order valence-corrected chi connectivity index (χ2v) is 6.20. The molecule has 0 fully saturated rings. The van der Waals surface area contributed by atoms with E-state index in [1.165, 1.54) is 28.9 Å². The molecule has 0 saturated heterocycles. The minimum Gasteiger partial charge on any atom is -0.478 e. The third-order valence-electron chi connectivity index (χ3n) is 3.44. The van der Waals surface area contributed by atoms with E-state index >= 15 is 0 Å². The number of hydrogen-bond acceptors (Lipinski definition) is 6. The highest BCUT2D eigenvalue weighted by molar-refractivity contribution is 7.99. The van der Waals surface area contributed by atoms with Crippen molar-refractivity contribution in [2.24, 2.45) is 0 Å². The van der Waals surface area contributed by atoms with Crippen LogP contribution in [0.1, 0.15) is 10.4 Å². The number of aromatic carboxylic acids is 1. The lowest BCUT2D eigenvalue weighted by Crippen LogP contribution is -2.16. The van der Waals surface area contributed by atoms with Crippen molar-refractivity contribution in [3.63, 3.8) is 0 Å². The first-order chi connectivity index (χ1) is 12.5. The van der Waals surface area contributed by atoms with E-state index in [9.17, 15) is 9.59 Å². The highest BCUT2D eigenvalue weighted by atomic mass is 32.2. The summed E-state index contributed by atoms with van der Waals surface area (Å²) in [5.41, 5.74) is 1.50. The average Bonchev–Trinajstić information content (AvgIpc) is 3.02. The lowest BCUT2D eigenvalue weighted by Gasteiger charge is -2.06. The molecule has 4 N–H and O–H groups in total. The highest BCUT2D eigenvalue weighted by Crippen LogP contribution is 2.21. The quantitative estimate of drug-likeness (QED) is 0.449. The summed E-state index contributed by atoms with van der Waals surface area (Å²) in [7, 11) is 0. The second kappa shape index (κ2) is 7.70. The first kappa shape index (κ1) is 17.5. The van der Waals surface area contributed by atoms with Gasteiger partial charge in [0.15, 0.2) is 5.82 Å². The summed E-state index contributed by atoms with van der Waals surface area (Å²) in [4.78, 5) is 22.9. The SMILES string of the molecule is Nn1c(SCC(=O)Nc2ccc(C(=O)O)cc2)nnc1-c1ccccc1. The number of carbonyl (C=O) groups excluding carboxylic acids is 1. The molecule has 26 heavy (non-hydrogen) atoms. The maximum absolute atomic E-state index is 12.0. The van der Waals surface area contributed by atoms with E-state index in [0.717, 1.165) is 17.3 Å². The summed E-state index contributed by atoms with van der Waals surface area (Å²) in [6.07, 6.45) is 0. The molecular weight excluding hydrogens is 354 g/mol. The van der Waals surface area contributed by atoms with E-state index < -0.39 is 5.97 Å². The predicted octanol–water partition coefficient (Wildman–Crippen LogP) is 2.09. The van der Waals surface area contributed by atoms with Gasteiger partial charge in [-0.05, 0) is 24.3 Å². The first-order valence-electron chi connectivity index (χ1n) is 7.56. The van der Waals surface area contributed by atoms with Gasteiger partial charge in [0.1, 0.15) is 0 Å². The number of aromatic nitrogens is 3. The van der Waals surface area contributed by atoms with Gasteiger partial charge in [-0.15, -0.1) is 10.2 Å². The molecule has 0 spiro atoms. The number of nitrogen functional groups attached to an aromatic ring is 1. The number of hydrogen-bond donors (Lipinski definition) is 3. The van der Waals surface area contributed by atoms with Crippen molar-refractivity contribution in [2.45, 2.75) is 5.16 Å². The van der Waals surface area contributed by atoms with E-state index in [-0.39, 0.29) is 17.2 Å². The van der Waals surface area contributed by atoms with Crippen LogP contribution in [0, 0.1) is 0 Å². The van der Waals surface area contributed by atoms with E-state index in [4.69, 9.17) is 10.9 Å². The van der Waals surface area contributed by atoms with Crippen LogP contribution in [-0.4, -0.2) is 37.6 Å². The van der Waals surface area contributed by atoms with Crippen molar-refractivity contribution < 1.29 is 14.7 Å². The molecule has 0 unspecified atom stereocenters. The topological polar surface area (TPSA) is 123 Å². The third-order valence-corrected chi connectivity index (χ3v) is 4.39. The maximum Gasteiger partial charge on any atom is 0.335 e. The summed E-state index contributed by atoms with van der Waals surface area (Å²) in [5.74, 6) is 5.32. The fourth-order valence-electron chi connectivity index (χ4n) is 2.18. The molecule has 0 aliphatic heterocycles. The summed E-state index contributed by atoms with van der Waals surface area (Å²) in [6, 6.07) is 15.3. The molecule has 0 atom stereocenters. The van der Waals surface area contributed by atoms with E-state index in [1.807, 2.05) is 30.3 Å². The molecule has 132 valence electrons. The lowest BCUT2D eigenvalue weighted by atomic mass is 10.2. The van der Waals surface area contributed by atoms with Gasteiger partial charge in [0.2, 0.25) is 11.1 Å². The molecule has 0 aliphatic rings. The number of carboxylic acid groups (broad SMARTS) is 1. The van der Waals surface area contributed by atoms with E-state index in [0.29, 0.717) is 16.7 Å². The molecule has 0 bridgehead atoms. The Morgan fingerprint density at radius 1 is 1.08 bits per heavy atom. The normalized spacial score (nSPS) is 10.5. The van der Waals surface area contributed by atoms with Gasteiger partial charge in [-0.2, -0.15) is 0 Å². The number of benzene rings is 2. The number of nitrogens with one attached hydrogen (secondary N) is 1. The smallest absolute Gasteiger partial charge is 0.335 e. The Bertz CT molecular complexity index is 925. The zero-order valence-electron chi connectivity index (χ0n) is 13.5. The minimum atomic E-state index is -1.02. The van der Waals surface area contributed by atoms with Crippen molar-refractivity contribution in [3.05, 3.63) is 60.2 Å². The molecule has 1 aromatic heterocycles. The van der Waals surface area contributed by atoms with Crippen LogP contribution in [0.3, 0.4) is 0 Å². The van der Waals surface area contributed by atoms with Crippen LogP contribution in [0.5, 0.6) is 0 Å². The average molecular weight is 369 g/mol. The van der Waals surface area contributed by atoms with Gasteiger partial charge in [-0.1, -0.05) is 42.1 Å². The standard InChI is InChI=1S/C17H15N5O3S/c18-22-15(11-4-2-1-3-5-11)20-21-17(22)26-10-14(23)19-13-8-6-12(7-9-13)16(24)25/h1-9H,10,18H2,(H,19,23)(H,24,25). The maximum atomic E-state index is 12.0. The molecule has 3 rings (SSSR count). The second-order valence-electron chi connectivity index (χ2n) is 5.26. The fourth-order valence-corrected chi connectivity index (χ4v) is 2.84. The number of carbonyl (C=O) groups is 2. The zero-order chi connectivity index (χ0) is 18.5. The molecular formula is C17H15N5O3S. The van der Waals surface area contributed by atoms with E-state index in [1.54, 1.807) is 0 Å². The van der Waals surface area contributed by atoms with E-state index in [2.05, 4.69) is 15.5 Å². The number of nitrogens with zero attached hydrogens (tertiary/aromatic N) is 3. The van der Waals surface area contributed by atoms with Crippen molar-refractivity contribution in [1.29, 1.82) is 0 Å². The van der Waals surface area contributed by atoms with Crippen LogP contribution < -0.4 is 11.2 Å².